The second-order valence-electron chi connectivity index (χ2n) is 5.91. The van der Waals surface area contributed by atoms with Crippen molar-refractivity contribution in [1.82, 2.24) is 14.6 Å². The minimum absolute atomic E-state index is 0.0323. The Morgan fingerprint density at radius 3 is 2.95 bits per heavy atom. The summed E-state index contributed by atoms with van der Waals surface area (Å²) < 4.78 is 41.5. The van der Waals surface area contributed by atoms with Crippen LogP contribution >= 0.6 is 0 Å². The van der Waals surface area contributed by atoms with Gasteiger partial charge in [-0.15, -0.1) is 0 Å². The van der Waals surface area contributed by atoms with E-state index in [1.165, 1.54) is 16.6 Å². The van der Waals surface area contributed by atoms with E-state index in [2.05, 4.69) is 10.3 Å². The summed E-state index contributed by atoms with van der Waals surface area (Å²) in [6, 6.07) is 5.00. The largest absolute Gasteiger partial charge is 0.312 e. The molecule has 5 nitrogen and oxygen atoms in total. The lowest BCUT2D eigenvalue weighted by atomic mass is 10.1. The Labute approximate surface area is 128 Å². The number of nitrogens with zero attached hydrogens (tertiary/aromatic N) is 2. The monoisotopic (exact) mass is 321 g/mol. The van der Waals surface area contributed by atoms with Crippen LogP contribution in [0.5, 0.6) is 0 Å². The minimum atomic E-state index is -3.70. The highest BCUT2D eigenvalue weighted by Crippen LogP contribution is 2.32. The summed E-state index contributed by atoms with van der Waals surface area (Å²) >= 11 is 0. The van der Waals surface area contributed by atoms with Crippen LogP contribution in [0.2, 0.25) is 0 Å². The van der Waals surface area contributed by atoms with Gasteiger partial charge in [-0.3, -0.25) is 4.98 Å². The molecule has 1 aromatic carbocycles. The summed E-state index contributed by atoms with van der Waals surface area (Å²) in [5, 5.41) is 3.96. The molecule has 1 N–H and O–H groups in total. The highest BCUT2D eigenvalue weighted by atomic mass is 32.2. The third-order valence-corrected chi connectivity index (χ3v) is 6.52. The molecule has 3 heterocycles. The summed E-state index contributed by atoms with van der Waals surface area (Å²) in [7, 11) is -3.70. The molecule has 116 valence electrons. The van der Waals surface area contributed by atoms with Crippen LogP contribution in [0.25, 0.3) is 10.8 Å². The predicted molar refractivity (Wildman–Crippen MR) is 80.4 cm³/mol. The Morgan fingerprint density at radius 1 is 1.27 bits per heavy atom. The van der Waals surface area contributed by atoms with E-state index in [9.17, 15) is 12.8 Å². The maximum Gasteiger partial charge on any atom is 0.243 e. The van der Waals surface area contributed by atoms with Crippen LogP contribution in [-0.4, -0.2) is 43.4 Å². The van der Waals surface area contributed by atoms with Crippen LogP contribution in [0.1, 0.15) is 6.42 Å². The molecule has 0 unspecified atom stereocenters. The van der Waals surface area contributed by atoms with Crippen molar-refractivity contribution in [3.05, 3.63) is 36.4 Å². The maximum atomic E-state index is 14.1. The Kier molecular flexibility index (Phi) is 3.18. The molecular weight excluding hydrogens is 305 g/mol. The van der Waals surface area contributed by atoms with Crippen molar-refractivity contribution in [1.29, 1.82) is 0 Å². The topological polar surface area (TPSA) is 62.3 Å². The molecule has 2 aromatic rings. The second-order valence-corrected chi connectivity index (χ2v) is 7.81. The number of nitrogens with one attached hydrogen (secondary N) is 1. The van der Waals surface area contributed by atoms with E-state index in [0.717, 1.165) is 19.2 Å². The zero-order valence-corrected chi connectivity index (χ0v) is 12.7. The second kappa shape index (κ2) is 4.97. The van der Waals surface area contributed by atoms with Crippen molar-refractivity contribution in [2.24, 2.45) is 5.92 Å². The third kappa shape index (κ3) is 2.04. The average molecular weight is 321 g/mol. The SMILES string of the molecule is O=S(=O)(c1cccc2cncc(F)c12)N1C[C@@H]2CCN[C@@H]2C1. The number of aromatic nitrogens is 1. The highest BCUT2D eigenvalue weighted by Gasteiger charge is 2.41. The van der Waals surface area contributed by atoms with E-state index >= 15 is 0 Å². The first kappa shape index (κ1) is 14.0. The Balaban J connectivity index is 1.81. The van der Waals surface area contributed by atoms with Crippen LogP contribution < -0.4 is 5.32 Å². The zero-order chi connectivity index (χ0) is 15.3. The van der Waals surface area contributed by atoms with Crippen molar-refractivity contribution in [3.8, 4) is 0 Å². The molecule has 22 heavy (non-hydrogen) atoms. The van der Waals surface area contributed by atoms with Gasteiger partial charge in [0, 0.05) is 36.1 Å². The Hall–Kier alpha value is -1.57. The zero-order valence-electron chi connectivity index (χ0n) is 11.9. The van der Waals surface area contributed by atoms with Crippen LogP contribution in [0.4, 0.5) is 4.39 Å². The minimum Gasteiger partial charge on any atom is -0.312 e. The van der Waals surface area contributed by atoms with Crippen molar-refractivity contribution in [3.63, 3.8) is 0 Å². The van der Waals surface area contributed by atoms with E-state index in [0.29, 0.717) is 24.4 Å². The first-order chi connectivity index (χ1) is 10.6. The van der Waals surface area contributed by atoms with Gasteiger partial charge in [-0.05, 0) is 24.9 Å². The molecule has 2 atom stereocenters. The van der Waals surface area contributed by atoms with Gasteiger partial charge in [0.2, 0.25) is 10.0 Å². The van der Waals surface area contributed by atoms with Gasteiger partial charge in [0.05, 0.1) is 11.1 Å². The van der Waals surface area contributed by atoms with Gasteiger partial charge in [-0.1, -0.05) is 12.1 Å². The molecule has 2 fully saturated rings. The summed E-state index contributed by atoms with van der Waals surface area (Å²) in [4.78, 5) is 3.82. The number of pyridine rings is 1. The number of sulfonamides is 1. The molecule has 2 aliphatic heterocycles. The molecule has 0 spiro atoms. The van der Waals surface area contributed by atoms with Crippen molar-refractivity contribution in [2.45, 2.75) is 17.4 Å². The first-order valence-corrected chi connectivity index (χ1v) is 8.77. The van der Waals surface area contributed by atoms with Crippen LogP contribution in [0, 0.1) is 11.7 Å². The quantitative estimate of drug-likeness (QED) is 0.907. The number of halogens is 1. The highest BCUT2D eigenvalue weighted by molar-refractivity contribution is 7.89. The van der Waals surface area contributed by atoms with Crippen molar-refractivity contribution >= 4 is 20.8 Å². The first-order valence-electron chi connectivity index (χ1n) is 7.33. The number of fused-ring (bicyclic) bond motifs is 2. The van der Waals surface area contributed by atoms with E-state index in [1.54, 1.807) is 12.1 Å². The van der Waals surface area contributed by atoms with Gasteiger partial charge >= 0.3 is 0 Å². The maximum absolute atomic E-state index is 14.1. The Bertz CT molecular complexity index is 823. The molecule has 0 aliphatic carbocycles. The number of hydrogen-bond acceptors (Lipinski definition) is 4. The van der Waals surface area contributed by atoms with Crippen LogP contribution in [0.3, 0.4) is 0 Å². The molecule has 4 rings (SSSR count). The predicted octanol–water partition coefficient (Wildman–Crippen LogP) is 1.36. The normalized spacial score (nSPS) is 25.7. The number of hydrogen-bond donors (Lipinski definition) is 1. The van der Waals surface area contributed by atoms with Crippen LogP contribution in [0.15, 0.2) is 35.5 Å². The van der Waals surface area contributed by atoms with Gasteiger partial charge < -0.3 is 5.32 Å². The fourth-order valence-corrected chi connectivity index (χ4v) is 5.27. The summed E-state index contributed by atoms with van der Waals surface area (Å²) in [6.45, 7) is 1.90. The molecular formula is C15H16FN3O2S. The fourth-order valence-electron chi connectivity index (χ4n) is 3.52. The number of benzene rings is 1. The smallest absolute Gasteiger partial charge is 0.243 e. The lowest BCUT2D eigenvalue weighted by Gasteiger charge is -2.18. The van der Waals surface area contributed by atoms with E-state index in [4.69, 9.17) is 0 Å². The van der Waals surface area contributed by atoms with Crippen molar-refractivity contribution < 1.29 is 12.8 Å². The lowest BCUT2D eigenvalue weighted by molar-refractivity contribution is 0.448. The van der Waals surface area contributed by atoms with Gasteiger partial charge in [-0.25, -0.2) is 12.8 Å². The van der Waals surface area contributed by atoms with Crippen LogP contribution in [-0.2, 0) is 10.0 Å². The fraction of sp³-hybridized carbons (Fsp3) is 0.400. The average Bonchev–Trinajstić information content (AvgIpc) is 3.08. The molecule has 0 radical (unpaired) electrons. The molecule has 0 saturated carbocycles. The van der Waals surface area contributed by atoms with Gasteiger partial charge in [0.25, 0.3) is 0 Å². The van der Waals surface area contributed by atoms with Crippen molar-refractivity contribution in [2.75, 3.05) is 19.6 Å². The van der Waals surface area contributed by atoms with E-state index in [1.807, 2.05) is 0 Å². The Morgan fingerprint density at radius 2 is 2.14 bits per heavy atom. The summed E-state index contributed by atoms with van der Waals surface area (Å²) in [6.07, 6.45) is 3.53. The standard InChI is InChI=1S/C15H16FN3O2S/c16-12-7-17-6-10-2-1-3-14(15(10)12)22(20,21)19-8-11-4-5-18-13(11)9-19/h1-3,6-7,11,13,18H,4-5,8-9H2/t11-,13+/m0/s1. The molecule has 2 saturated heterocycles. The third-order valence-electron chi connectivity index (χ3n) is 4.65. The molecule has 0 bridgehead atoms. The molecule has 1 aromatic heterocycles. The van der Waals surface area contributed by atoms with E-state index in [-0.39, 0.29) is 16.3 Å². The summed E-state index contributed by atoms with van der Waals surface area (Å²) in [5.74, 6) is -0.245. The van der Waals surface area contributed by atoms with Gasteiger partial charge in [0.1, 0.15) is 0 Å². The summed E-state index contributed by atoms with van der Waals surface area (Å²) in [5.41, 5.74) is 0. The number of rotatable bonds is 2. The van der Waals surface area contributed by atoms with E-state index < -0.39 is 15.8 Å². The molecule has 2 aliphatic rings. The molecule has 0 amide bonds. The molecule has 7 heteroatoms. The lowest BCUT2D eigenvalue weighted by Crippen LogP contribution is -2.34. The van der Waals surface area contributed by atoms with Gasteiger partial charge in [-0.2, -0.15) is 4.31 Å². The van der Waals surface area contributed by atoms with Gasteiger partial charge in [0.15, 0.2) is 5.82 Å².